The van der Waals surface area contributed by atoms with Crippen molar-refractivity contribution < 1.29 is 22.5 Å². The summed E-state index contributed by atoms with van der Waals surface area (Å²) >= 11 is 0. The van der Waals surface area contributed by atoms with Gasteiger partial charge in [-0.1, -0.05) is 24.3 Å². The van der Waals surface area contributed by atoms with Crippen LogP contribution in [0.4, 0.5) is 5.69 Å². The minimum atomic E-state index is -4.36. The largest absolute Gasteiger partial charge is 0.497 e. The molecule has 0 radical (unpaired) electrons. The van der Waals surface area contributed by atoms with Gasteiger partial charge in [0.25, 0.3) is 16.0 Å². The molecular weight excluding hydrogens is 342 g/mol. The highest BCUT2D eigenvalue weighted by Gasteiger charge is 2.16. The summed E-state index contributed by atoms with van der Waals surface area (Å²) in [5, 5.41) is 3.61. The van der Waals surface area contributed by atoms with Crippen LogP contribution in [0, 0.1) is 0 Å². The molecule has 0 fully saturated rings. The number of rotatable bonds is 4. The molecule has 0 bridgehead atoms. The maximum absolute atomic E-state index is 12.4. The van der Waals surface area contributed by atoms with Crippen molar-refractivity contribution in [2.75, 3.05) is 12.4 Å². The van der Waals surface area contributed by atoms with Crippen molar-refractivity contribution in [2.24, 2.45) is 0 Å². The van der Waals surface area contributed by atoms with E-state index in [-0.39, 0.29) is 10.8 Å². The van der Waals surface area contributed by atoms with Gasteiger partial charge >= 0.3 is 0 Å². The third kappa shape index (κ3) is 3.47. The fraction of sp³-hybridized carbons (Fsp3) is 0.0556. The van der Waals surface area contributed by atoms with Gasteiger partial charge in [0.05, 0.1) is 7.11 Å². The van der Waals surface area contributed by atoms with Crippen molar-refractivity contribution in [1.82, 2.24) is 0 Å². The molecule has 0 aromatic heterocycles. The Morgan fingerprint density at radius 3 is 2.24 bits per heavy atom. The van der Waals surface area contributed by atoms with E-state index in [1.165, 1.54) is 19.2 Å². The lowest BCUT2D eigenvalue weighted by molar-refractivity contribution is 0.102. The summed E-state index contributed by atoms with van der Waals surface area (Å²) in [6, 6.07) is 15.9. The molecule has 0 atom stereocenters. The molecule has 0 aliphatic rings. The average molecular weight is 357 g/mol. The van der Waals surface area contributed by atoms with Crippen LogP contribution in [0.5, 0.6) is 5.75 Å². The molecule has 0 aliphatic heterocycles. The monoisotopic (exact) mass is 357 g/mol. The first-order valence-electron chi connectivity index (χ1n) is 7.35. The molecule has 25 heavy (non-hydrogen) atoms. The number of fused-ring (bicyclic) bond motifs is 1. The number of ether oxygens (including phenoxy) is 1. The molecule has 3 aromatic rings. The lowest BCUT2D eigenvalue weighted by atomic mass is 10.1. The zero-order valence-corrected chi connectivity index (χ0v) is 14.1. The van der Waals surface area contributed by atoms with Crippen molar-refractivity contribution >= 4 is 32.5 Å². The second-order valence-corrected chi connectivity index (χ2v) is 6.70. The number of methoxy groups -OCH3 is 1. The number of carbonyl (C=O) groups is 1. The van der Waals surface area contributed by atoms with Crippen LogP contribution in [-0.4, -0.2) is 26.0 Å². The van der Waals surface area contributed by atoms with Gasteiger partial charge in [0.1, 0.15) is 10.6 Å². The van der Waals surface area contributed by atoms with E-state index in [4.69, 9.17) is 4.74 Å². The summed E-state index contributed by atoms with van der Waals surface area (Å²) < 4.78 is 37.5. The molecule has 6 nitrogen and oxygen atoms in total. The molecule has 3 rings (SSSR count). The summed E-state index contributed by atoms with van der Waals surface area (Å²) in [6.07, 6.45) is 0. The predicted octanol–water partition coefficient (Wildman–Crippen LogP) is 3.35. The summed E-state index contributed by atoms with van der Waals surface area (Å²) in [4.78, 5) is 12.2. The van der Waals surface area contributed by atoms with E-state index in [1.807, 2.05) is 0 Å². The fourth-order valence-electron chi connectivity index (χ4n) is 2.55. The first-order chi connectivity index (χ1) is 11.9. The van der Waals surface area contributed by atoms with Crippen molar-refractivity contribution in [1.29, 1.82) is 0 Å². The Balaban J connectivity index is 2.00. The van der Waals surface area contributed by atoms with E-state index in [0.717, 1.165) is 0 Å². The Morgan fingerprint density at radius 1 is 0.960 bits per heavy atom. The summed E-state index contributed by atoms with van der Waals surface area (Å²) in [5.74, 6) is 0.298. The van der Waals surface area contributed by atoms with Gasteiger partial charge in [-0.3, -0.25) is 9.35 Å². The fourth-order valence-corrected chi connectivity index (χ4v) is 3.26. The van der Waals surface area contributed by atoms with Gasteiger partial charge in [0.15, 0.2) is 0 Å². The van der Waals surface area contributed by atoms with E-state index in [2.05, 4.69) is 5.32 Å². The van der Waals surface area contributed by atoms with E-state index < -0.39 is 10.1 Å². The van der Waals surface area contributed by atoms with Gasteiger partial charge in [-0.25, -0.2) is 0 Å². The average Bonchev–Trinajstić information content (AvgIpc) is 2.60. The van der Waals surface area contributed by atoms with Crippen LogP contribution in [-0.2, 0) is 10.1 Å². The molecule has 0 saturated heterocycles. The smallest absolute Gasteiger partial charge is 0.295 e. The lowest BCUT2D eigenvalue weighted by Gasteiger charge is -2.11. The molecule has 0 unspecified atom stereocenters. The molecule has 7 heteroatoms. The van der Waals surface area contributed by atoms with Crippen LogP contribution < -0.4 is 10.1 Å². The molecule has 2 N–H and O–H groups in total. The maximum Gasteiger partial charge on any atom is 0.295 e. The molecule has 0 aliphatic carbocycles. The Hall–Kier alpha value is -2.90. The molecule has 3 aromatic carbocycles. The molecule has 0 heterocycles. The SMILES string of the molecule is COc1ccc(C(=O)Nc2cccc3c(S(=O)(=O)O)cccc23)cc1. The maximum atomic E-state index is 12.4. The highest BCUT2D eigenvalue weighted by molar-refractivity contribution is 7.86. The van der Waals surface area contributed by atoms with Gasteiger partial charge in [-0.15, -0.1) is 0 Å². The third-order valence-corrected chi connectivity index (χ3v) is 4.67. The van der Waals surface area contributed by atoms with Crippen molar-refractivity contribution in [2.45, 2.75) is 4.90 Å². The van der Waals surface area contributed by atoms with Crippen molar-refractivity contribution in [3.63, 3.8) is 0 Å². The number of benzene rings is 3. The quantitative estimate of drug-likeness (QED) is 0.699. The predicted molar refractivity (Wildman–Crippen MR) is 94.7 cm³/mol. The normalized spacial score (nSPS) is 11.3. The van der Waals surface area contributed by atoms with Crippen LogP contribution >= 0.6 is 0 Å². The summed E-state index contributed by atoms with van der Waals surface area (Å²) in [6.45, 7) is 0. The zero-order chi connectivity index (χ0) is 18.0. The Kier molecular flexibility index (Phi) is 4.43. The van der Waals surface area contributed by atoms with Crippen LogP contribution in [0.25, 0.3) is 10.8 Å². The number of nitrogens with one attached hydrogen (secondary N) is 1. The van der Waals surface area contributed by atoms with Crippen LogP contribution in [0.2, 0.25) is 0 Å². The number of hydrogen-bond acceptors (Lipinski definition) is 4. The van der Waals surface area contributed by atoms with Gasteiger partial charge < -0.3 is 10.1 Å². The Labute approximate surface area is 144 Å². The van der Waals surface area contributed by atoms with Crippen LogP contribution in [0.3, 0.4) is 0 Å². The number of hydrogen-bond donors (Lipinski definition) is 2. The minimum Gasteiger partial charge on any atom is -0.497 e. The van der Waals surface area contributed by atoms with Crippen LogP contribution in [0.15, 0.2) is 65.6 Å². The molecular formula is C18H15NO5S. The number of anilines is 1. The van der Waals surface area contributed by atoms with E-state index in [1.54, 1.807) is 48.5 Å². The van der Waals surface area contributed by atoms with Crippen molar-refractivity contribution in [3.05, 3.63) is 66.2 Å². The van der Waals surface area contributed by atoms with E-state index >= 15 is 0 Å². The second-order valence-electron chi connectivity index (χ2n) is 5.31. The van der Waals surface area contributed by atoms with Crippen LogP contribution in [0.1, 0.15) is 10.4 Å². The van der Waals surface area contributed by atoms with Gasteiger partial charge in [-0.2, -0.15) is 8.42 Å². The van der Waals surface area contributed by atoms with Gasteiger partial charge in [0, 0.05) is 22.0 Å². The molecule has 128 valence electrons. The zero-order valence-electron chi connectivity index (χ0n) is 13.3. The van der Waals surface area contributed by atoms with Gasteiger partial charge in [-0.05, 0) is 36.4 Å². The Bertz CT molecular complexity index is 1040. The molecule has 0 saturated carbocycles. The first kappa shape index (κ1) is 16.9. The number of carbonyl (C=O) groups excluding carboxylic acids is 1. The lowest BCUT2D eigenvalue weighted by Crippen LogP contribution is -2.12. The van der Waals surface area contributed by atoms with E-state index in [9.17, 15) is 17.8 Å². The second kappa shape index (κ2) is 6.54. The summed E-state index contributed by atoms with van der Waals surface area (Å²) in [7, 11) is -2.82. The van der Waals surface area contributed by atoms with E-state index in [0.29, 0.717) is 27.8 Å². The first-order valence-corrected chi connectivity index (χ1v) is 8.79. The Morgan fingerprint density at radius 2 is 1.60 bits per heavy atom. The third-order valence-electron chi connectivity index (χ3n) is 3.76. The van der Waals surface area contributed by atoms with Gasteiger partial charge in [0.2, 0.25) is 0 Å². The summed E-state index contributed by atoms with van der Waals surface area (Å²) in [5.41, 5.74) is 0.882. The highest BCUT2D eigenvalue weighted by Crippen LogP contribution is 2.29. The highest BCUT2D eigenvalue weighted by atomic mass is 32.2. The topological polar surface area (TPSA) is 92.7 Å². The molecule has 0 spiro atoms. The van der Waals surface area contributed by atoms with Crippen molar-refractivity contribution in [3.8, 4) is 5.75 Å². The molecule has 1 amide bonds. The number of amides is 1. The minimum absolute atomic E-state index is 0.203. The standard InChI is InChI=1S/C18H15NO5S/c1-24-13-10-8-12(9-11-13)18(20)19-16-6-2-5-15-14(16)4-3-7-17(15)25(21,22)23/h2-11H,1H3,(H,19,20)(H,21,22,23).